The Morgan fingerprint density at radius 1 is 1.39 bits per heavy atom. The highest BCUT2D eigenvalue weighted by atomic mass is 16.5. The lowest BCUT2D eigenvalue weighted by Crippen LogP contribution is -2.41. The predicted octanol–water partition coefficient (Wildman–Crippen LogP) is 2.40. The summed E-state index contributed by atoms with van der Waals surface area (Å²) < 4.78 is 5.56. The fourth-order valence-electron chi connectivity index (χ4n) is 2.78. The molecule has 2 heterocycles. The molecular weight excluding hydrogens is 226 g/mol. The first-order valence-corrected chi connectivity index (χ1v) is 7.08. The normalized spacial score (nSPS) is 27.2. The summed E-state index contributed by atoms with van der Waals surface area (Å²) in [5.74, 6) is 2.32. The minimum atomic E-state index is -0.0239. The van der Waals surface area contributed by atoms with Crippen molar-refractivity contribution in [2.24, 2.45) is 5.92 Å². The van der Waals surface area contributed by atoms with Crippen molar-refractivity contribution in [2.75, 3.05) is 13.1 Å². The lowest BCUT2D eigenvalue weighted by molar-refractivity contribution is 0.196. The average molecular weight is 249 g/mol. The zero-order valence-corrected chi connectivity index (χ0v) is 11.6. The highest BCUT2D eigenvalue weighted by Gasteiger charge is 2.45. The van der Waals surface area contributed by atoms with Crippen LogP contribution < -0.4 is 5.32 Å². The smallest absolute Gasteiger partial charge is 0.232 e. The zero-order valence-electron chi connectivity index (χ0n) is 11.6. The van der Waals surface area contributed by atoms with Gasteiger partial charge in [-0.15, -0.1) is 0 Å². The second kappa shape index (κ2) is 4.05. The van der Waals surface area contributed by atoms with Crippen molar-refractivity contribution in [1.29, 1.82) is 0 Å². The van der Waals surface area contributed by atoms with Crippen molar-refractivity contribution in [3.63, 3.8) is 0 Å². The summed E-state index contributed by atoms with van der Waals surface area (Å²) in [6, 6.07) is 0. The Labute approximate surface area is 109 Å². The molecule has 1 aliphatic heterocycles. The van der Waals surface area contributed by atoms with Gasteiger partial charge in [0.1, 0.15) is 0 Å². The fourth-order valence-corrected chi connectivity index (χ4v) is 2.78. The highest BCUT2D eigenvalue weighted by Crippen LogP contribution is 2.46. The van der Waals surface area contributed by atoms with Crippen LogP contribution in [0.4, 0.5) is 0 Å². The van der Waals surface area contributed by atoms with E-state index in [2.05, 4.69) is 36.2 Å². The van der Waals surface area contributed by atoms with Crippen LogP contribution in [0.2, 0.25) is 0 Å². The van der Waals surface area contributed by atoms with E-state index in [1.54, 1.807) is 0 Å². The number of aromatic nitrogens is 2. The molecule has 0 radical (unpaired) electrons. The first-order chi connectivity index (χ1) is 8.52. The summed E-state index contributed by atoms with van der Waals surface area (Å²) in [6.07, 6.45) is 4.87. The molecule has 1 atom stereocenters. The first-order valence-electron chi connectivity index (χ1n) is 7.08. The van der Waals surface area contributed by atoms with E-state index in [1.165, 1.54) is 25.7 Å². The summed E-state index contributed by atoms with van der Waals surface area (Å²) in [5, 5.41) is 7.67. The van der Waals surface area contributed by atoms with Crippen molar-refractivity contribution < 1.29 is 4.52 Å². The number of rotatable bonds is 3. The molecule has 0 spiro atoms. The summed E-state index contributed by atoms with van der Waals surface area (Å²) in [5.41, 5.74) is 0.173. The van der Waals surface area contributed by atoms with Crippen LogP contribution in [0.3, 0.4) is 0 Å². The van der Waals surface area contributed by atoms with Crippen molar-refractivity contribution in [2.45, 2.75) is 57.3 Å². The Bertz CT molecular complexity index is 428. The molecule has 2 aliphatic rings. The molecule has 1 aromatic rings. The number of piperidine rings is 1. The molecule has 1 saturated carbocycles. The van der Waals surface area contributed by atoms with Crippen LogP contribution in [0, 0.1) is 5.92 Å². The summed E-state index contributed by atoms with van der Waals surface area (Å²) in [4.78, 5) is 4.69. The molecule has 1 N–H and O–H groups in total. The molecule has 1 saturated heterocycles. The van der Waals surface area contributed by atoms with Crippen molar-refractivity contribution in [3.8, 4) is 0 Å². The van der Waals surface area contributed by atoms with E-state index >= 15 is 0 Å². The minimum Gasteiger partial charge on any atom is -0.339 e. The van der Waals surface area contributed by atoms with E-state index in [0.29, 0.717) is 5.92 Å². The van der Waals surface area contributed by atoms with Crippen molar-refractivity contribution in [3.05, 3.63) is 11.7 Å². The third-order valence-corrected chi connectivity index (χ3v) is 4.83. The molecule has 0 amide bonds. The Morgan fingerprint density at radius 3 is 2.78 bits per heavy atom. The van der Waals surface area contributed by atoms with E-state index in [4.69, 9.17) is 4.52 Å². The van der Waals surface area contributed by atoms with Crippen molar-refractivity contribution >= 4 is 0 Å². The summed E-state index contributed by atoms with van der Waals surface area (Å²) in [7, 11) is 0. The zero-order chi connectivity index (χ0) is 12.8. The maximum atomic E-state index is 5.56. The van der Waals surface area contributed by atoms with Crippen LogP contribution in [-0.4, -0.2) is 23.2 Å². The van der Waals surface area contributed by atoms with Crippen LogP contribution in [0.25, 0.3) is 0 Å². The molecule has 1 unspecified atom stereocenters. The first kappa shape index (κ1) is 12.2. The van der Waals surface area contributed by atoms with Gasteiger partial charge in [0.15, 0.2) is 5.82 Å². The topological polar surface area (TPSA) is 51.0 Å². The van der Waals surface area contributed by atoms with E-state index in [-0.39, 0.29) is 10.8 Å². The quantitative estimate of drug-likeness (QED) is 0.893. The SMILES string of the molecule is CC1(c2noc(C(C)(C)C3CCCNC3)n2)CC1. The molecule has 1 aliphatic carbocycles. The molecule has 4 nitrogen and oxygen atoms in total. The van der Waals surface area contributed by atoms with Gasteiger partial charge in [-0.2, -0.15) is 4.98 Å². The lowest BCUT2D eigenvalue weighted by Gasteiger charge is -2.34. The molecule has 0 bridgehead atoms. The predicted molar refractivity (Wildman–Crippen MR) is 69.5 cm³/mol. The summed E-state index contributed by atoms with van der Waals surface area (Å²) in [6.45, 7) is 8.88. The van der Waals surface area contributed by atoms with Gasteiger partial charge in [0, 0.05) is 10.8 Å². The largest absolute Gasteiger partial charge is 0.339 e. The van der Waals surface area contributed by atoms with Gasteiger partial charge in [-0.25, -0.2) is 0 Å². The van der Waals surface area contributed by atoms with Crippen LogP contribution in [0.1, 0.15) is 58.2 Å². The van der Waals surface area contributed by atoms with Crippen LogP contribution in [0.15, 0.2) is 4.52 Å². The van der Waals surface area contributed by atoms with Gasteiger partial charge in [-0.05, 0) is 44.7 Å². The molecule has 100 valence electrons. The van der Waals surface area contributed by atoms with Gasteiger partial charge in [-0.1, -0.05) is 25.9 Å². The van der Waals surface area contributed by atoms with E-state index in [0.717, 1.165) is 24.8 Å². The van der Waals surface area contributed by atoms with Crippen LogP contribution in [-0.2, 0) is 10.8 Å². The van der Waals surface area contributed by atoms with Crippen molar-refractivity contribution in [1.82, 2.24) is 15.5 Å². The standard InChI is InChI=1S/C14H23N3O/c1-13(2,10-5-4-8-15-9-10)12-16-11(17-18-12)14(3)6-7-14/h10,15H,4-9H2,1-3H3. The maximum absolute atomic E-state index is 5.56. The Morgan fingerprint density at radius 2 is 2.17 bits per heavy atom. The summed E-state index contributed by atoms with van der Waals surface area (Å²) >= 11 is 0. The molecule has 1 aromatic heterocycles. The van der Waals surface area contributed by atoms with E-state index in [1.807, 2.05) is 0 Å². The molecule has 18 heavy (non-hydrogen) atoms. The maximum Gasteiger partial charge on any atom is 0.232 e. The minimum absolute atomic E-state index is 0.0239. The molecular formula is C14H23N3O. The fraction of sp³-hybridized carbons (Fsp3) is 0.857. The number of hydrogen-bond donors (Lipinski definition) is 1. The monoisotopic (exact) mass is 249 g/mol. The second-order valence-corrected chi connectivity index (χ2v) is 6.75. The molecule has 0 aromatic carbocycles. The van der Waals surface area contributed by atoms with E-state index in [9.17, 15) is 0 Å². The van der Waals surface area contributed by atoms with Gasteiger partial charge < -0.3 is 9.84 Å². The second-order valence-electron chi connectivity index (χ2n) is 6.75. The molecule has 2 fully saturated rings. The Kier molecular flexibility index (Phi) is 2.73. The third kappa shape index (κ3) is 1.96. The highest BCUT2D eigenvalue weighted by molar-refractivity contribution is 5.16. The van der Waals surface area contributed by atoms with Crippen LogP contribution >= 0.6 is 0 Å². The Hall–Kier alpha value is -0.900. The van der Waals surface area contributed by atoms with Gasteiger partial charge >= 0.3 is 0 Å². The van der Waals surface area contributed by atoms with Gasteiger partial charge in [0.2, 0.25) is 5.89 Å². The van der Waals surface area contributed by atoms with Crippen LogP contribution in [0.5, 0.6) is 0 Å². The van der Waals surface area contributed by atoms with Gasteiger partial charge in [0.05, 0.1) is 0 Å². The van der Waals surface area contributed by atoms with Gasteiger partial charge in [0.25, 0.3) is 0 Å². The third-order valence-electron chi connectivity index (χ3n) is 4.83. The average Bonchev–Trinajstić information content (AvgIpc) is 2.94. The number of nitrogens with one attached hydrogen (secondary N) is 1. The Balaban J connectivity index is 1.81. The molecule has 4 heteroatoms. The van der Waals surface area contributed by atoms with Gasteiger partial charge in [-0.3, -0.25) is 0 Å². The van der Waals surface area contributed by atoms with E-state index < -0.39 is 0 Å². The lowest BCUT2D eigenvalue weighted by atomic mass is 9.75. The number of nitrogens with zero attached hydrogens (tertiary/aromatic N) is 2. The number of hydrogen-bond acceptors (Lipinski definition) is 4. The molecule has 3 rings (SSSR count).